The predicted molar refractivity (Wildman–Crippen MR) is 89.2 cm³/mol. The highest BCUT2D eigenvalue weighted by atomic mass is 19.2. The summed E-state index contributed by atoms with van der Waals surface area (Å²) in [7, 11) is 0. The molecule has 0 saturated carbocycles. The van der Waals surface area contributed by atoms with Crippen molar-refractivity contribution < 1.29 is 28.2 Å². The number of aromatic hydroxyl groups is 2. The number of hydrogen-bond donors (Lipinski definition) is 3. The van der Waals surface area contributed by atoms with Crippen LogP contribution >= 0.6 is 0 Å². The number of nitrogens with one attached hydrogen (secondary N) is 1. The SMILES string of the molecule is Cc1c(CC(=O)Nc2ccc(F)c(F)c2)c(=O)oc2c(O)c(O)ccc12. The van der Waals surface area contributed by atoms with Crippen molar-refractivity contribution in [3.63, 3.8) is 0 Å². The minimum Gasteiger partial charge on any atom is -0.504 e. The zero-order valence-corrected chi connectivity index (χ0v) is 13.5. The van der Waals surface area contributed by atoms with Crippen molar-refractivity contribution in [2.45, 2.75) is 13.3 Å². The number of phenols is 2. The molecular weight excluding hydrogens is 348 g/mol. The Bertz CT molecular complexity index is 1090. The van der Waals surface area contributed by atoms with Crippen LogP contribution < -0.4 is 10.9 Å². The van der Waals surface area contributed by atoms with Crippen LogP contribution in [0.1, 0.15) is 11.1 Å². The molecule has 0 aliphatic carbocycles. The van der Waals surface area contributed by atoms with Gasteiger partial charge in [-0.2, -0.15) is 0 Å². The summed E-state index contributed by atoms with van der Waals surface area (Å²) >= 11 is 0. The Labute approximate surface area is 145 Å². The lowest BCUT2D eigenvalue weighted by Crippen LogP contribution is -2.20. The minimum atomic E-state index is -1.11. The molecule has 134 valence electrons. The maximum Gasteiger partial charge on any atom is 0.340 e. The van der Waals surface area contributed by atoms with Gasteiger partial charge >= 0.3 is 5.63 Å². The number of fused-ring (bicyclic) bond motifs is 1. The fourth-order valence-electron chi connectivity index (χ4n) is 2.57. The number of aryl methyl sites for hydroxylation is 1. The highest BCUT2D eigenvalue weighted by molar-refractivity contribution is 5.94. The average molecular weight is 361 g/mol. The van der Waals surface area contributed by atoms with Gasteiger partial charge in [-0.05, 0) is 36.8 Å². The van der Waals surface area contributed by atoms with Crippen LogP contribution in [0.15, 0.2) is 39.5 Å². The Morgan fingerprint density at radius 2 is 1.88 bits per heavy atom. The van der Waals surface area contributed by atoms with Crippen LogP contribution in [0.4, 0.5) is 14.5 Å². The van der Waals surface area contributed by atoms with E-state index < -0.39 is 34.7 Å². The van der Waals surface area contributed by atoms with Gasteiger partial charge < -0.3 is 19.9 Å². The molecular formula is C18H13F2NO5. The molecule has 26 heavy (non-hydrogen) atoms. The number of amides is 1. The largest absolute Gasteiger partial charge is 0.504 e. The lowest BCUT2D eigenvalue weighted by molar-refractivity contribution is -0.115. The third kappa shape index (κ3) is 3.08. The van der Waals surface area contributed by atoms with E-state index in [1.165, 1.54) is 18.2 Å². The number of hydrogen-bond acceptors (Lipinski definition) is 5. The van der Waals surface area contributed by atoms with E-state index in [-0.39, 0.29) is 23.3 Å². The van der Waals surface area contributed by atoms with Crippen LogP contribution in [0.5, 0.6) is 11.5 Å². The van der Waals surface area contributed by atoms with Gasteiger partial charge in [-0.1, -0.05) is 0 Å². The van der Waals surface area contributed by atoms with E-state index in [9.17, 15) is 28.6 Å². The fraction of sp³-hybridized carbons (Fsp3) is 0.111. The Morgan fingerprint density at radius 3 is 2.58 bits per heavy atom. The molecule has 3 aromatic rings. The molecule has 0 fully saturated rings. The van der Waals surface area contributed by atoms with Crippen molar-refractivity contribution in [3.05, 3.63) is 63.5 Å². The van der Waals surface area contributed by atoms with Crippen LogP contribution in [0.3, 0.4) is 0 Å². The van der Waals surface area contributed by atoms with Gasteiger partial charge in [0, 0.05) is 17.1 Å². The Kier molecular flexibility index (Phi) is 4.33. The second-order valence-corrected chi connectivity index (χ2v) is 5.66. The van der Waals surface area contributed by atoms with E-state index in [4.69, 9.17) is 4.42 Å². The number of phenolic OH excluding ortho intramolecular Hbond substituents is 2. The molecule has 0 atom stereocenters. The van der Waals surface area contributed by atoms with Gasteiger partial charge in [0.2, 0.25) is 11.7 Å². The van der Waals surface area contributed by atoms with Gasteiger partial charge in [0.1, 0.15) is 0 Å². The molecule has 1 heterocycles. The van der Waals surface area contributed by atoms with Crippen molar-refractivity contribution in [2.75, 3.05) is 5.32 Å². The van der Waals surface area contributed by atoms with E-state index in [2.05, 4.69) is 5.32 Å². The zero-order valence-electron chi connectivity index (χ0n) is 13.5. The maximum absolute atomic E-state index is 13.2. The molecule has 0 unspecified atom stereocenters. The summed E-state index contributed by atoms with van der Waals surface area (Å²) in [4.78, 5) is 24.3. The normalized spacial score (nSPS) is 10.9. The standard InChI is InChI=1S/C18H13F2NO5/c1-8-10-3-5-14(22)16(24)17(10)26-18(25)11(8)7-15(23)21-9-2-4-12(19)13(20)6-9/h2-6,22,24H,7H2,1H3,(H,21,23). The predicted octanol–water partition coefficient (Wildman–Crippen LogP) is 2.97. The molecule has 6 nitrogen and oxygen atoms in total. The molecule has 8 heteroatoms. The summed E-state index contributed by atoms with van der Waals surface area (Å²) < 4.78 is 31.1. The summed E-state index contributed by atoms with van der Waals surface area (Å²) in [6.45, 7) is 1.57. The lowest BCUT2D eigenvalue weighted by Gasteiger charge is -2.10. The summed E-state index contributed by atoms with van der Waals surface area (Å²) in [5, 5.41) is 22.0. The molecule has 2 aromatic carbocycles. The molecule has 0 radical (unpaired) electrons. The van der Waals surface area contributed by atoms with Crippen LogP contribution in [-0.4, -0.2) is 16.1 Å². The van der Waals surface area contributed by atoms with E-state index in [1.807, 2.05) is 0 Å². The smallest absolute Gasteiger partial charge is 0.340 e. The third-order valence-electron chi connectivity index (χ3n) is 3.95. The van der Waals surface area contributed by atoms with Crippen molar-refractivity contribution in [1.82, 2.24) is 0 Å². The number of anilines is 1. The van der Waals surface area contributed by atoms with Gasteiger partial charge in [0.05, 0.1) is 12.0 Å². The summed E-state index contributed by atoms with van der Waals surface area (Å²) in [5.41, 5.74) is -0.553. The zero-order chi connectivity index (χ0) is 19.0. The molecule has 0 aliphatic heterocycles. The average Bonchev–Trinajstić information content (AvgIpc) is 2.58. The topological polar surface area (TPSA) is 99.8 Å². The minimum absolute atomic E-state index is 0.0410. The Balaban J connectivity index is 1.93. The molecule has 0 spiro atoms. The van der Waals surface area contributed by atoms with Gasteiger partial charge in [-0.25, -0.2) is 13.6 Å². The highest BCUT2D eigenvalue weighted by Gasteiger charge is 2.18. The maximum atomic E-state index is 13.2. The first kappa shape index (κ1) is 17.4. The van der Waals surface area contributed by atoms with Crippen molar-refractivity contribution in [2.24, 2.45) is 0 Å². The molecule has 0 bridgehead atoms. The van der Waals surface area contributed by atoms with Gasteiger partial charge in [-0.15, -0.1) is 0 Å². The summed E-state index contributed by atoms with van der Waals surface area (Å²) in [6.07, 6.45) is -0.370. The molecule has 1 amide bonds. The van der Waals surface area contributed by atoms with Crippen LogP contribution in [0, 0.1) is 18.6 Å². The Hall–Kier alpha value is -3.42. The third-order valence-corrected chi connectivity index (χ3v) is 3.95. The second-order valence-electron chi connectivity index (χ2n) is 5.66. The molecule has 1 aromatic heterocycles. The second kappa shape index (κ2) is 6.47. The number of benzene rings is 2. The van der Waals surface area contributed by atoms with E-state index >= 15 is 0 Å². The molecule has 3 N–H and O–H groups in total. The van der Waals surface area contributed by atoms with Crippen molar-refractivity contribution >= 4 is 22.6 Å². The number of carbonyl (C=O) groups excluding carboxylic acids is 1. The molecule has 0 saturated heterocycles. The van der Waals surface area contributed by atoms with Gasteiger partial charge in [-0.3, -0.25) is 4.79 Å². The van der Waals surface area contributed by atoms with Crippen molar-refractivity contribution in [1.29, 1.82) is 0 Å². The number of rotatable bonds is 3. The van der Waals surface area contributed by atoms with E-state index in [1.54, 1.807) is 6.92 Å². The lowest BCUT2D eigenvalue weighted by atomic mass is 10.0. The first-order chi connectivity index (χ1) is 12.3. The van der Waals surface area contributed by atoms with Gasteiger partial charge in [0.25, 0.3) is 0 Å². The highest BCUT2D eigenvalue weighted by Crippen LogP contribution is 2.34. The number of carbonyl (C=O) groups is 1. The number of halogens is 2. The fourth-order valence-corrected chi connectivity index (χ4v) is 2.57. The first-order valence-electron chi connectivity index (χ1n) is 7.50. The molecule has 3 rings (SSSR count). The van der Waals surface area contributed by atoms with Crippen LogP contribution in [-0.2, 0) is 11.2 Å². The van der Waals surface area contributed by atoms with E-state index in [0.717, 1.165) is 12.1 Å². The van der Waals surface area contributed by atoms with Crippen LogP contribution in [0.25, 0.3) is 11.0 Å². The first-order valence-corrected chi connectivity index (χ1v) is 7.50. The Morgan fingerprint density at radius 1 is 1.15 bits per heavy atom. The monoisotopic (exact) mass is 361 g/mol. The van der Waals surface area contributed by atoms with E-state index in [0.29, 0.717) is 10.9 Å². The quantitative estimate of drug-likeness (QED) is 0.492. The molecule has 0 aliphatic rings. The summed E-state index contributed by atoms with van der Waals surface area (Å²) in [5.74, 6) is -3.80. The summed E-state index contributed by atoms with van der Waals surface area (Å²) in [6, 6.07) is 5.56. The van der Waals surface area contributed by atoms with Crippen molar-refractivity contribution in [3.8, 4) is 11.5 Å². The van der Waals surface area contributed by atoms with Crippen LogP contribution in [0.2, 0.25) is 0 Å². The van der Waals surface area contributed by atoms with Gasteiger partial charge in [0.15, 0.2) is 23.0 Å².